The summed E-state index contributed by atoms with van der Waals surface area (Å²) in [5, 5.41) is 0. The molecule has 0 aromatic carbocycles. The van der Waals surface area contributed by atoms with Crippen LogP contribution < -0.4 is 0 Å². The highest BCUT2D eigenvalue weighted by Gasteiger charge is 2.23. The maximum atomic E-state index is 2.50. The van der Waals surface area contributed by atoms with Crippen molar-refractivity contribution >= 4 is 6.71 Å². The van der Waals surface area contributed by atoms with Gasteiger partial charge in [-0.25, -0.2) is 0 Å². The molecule has 0 nitrogen and oxygen atoms in total. The van der Waals surface area contributed by atoms with Crippen LogP contribution in [0.3, 0.4) is 0 Å². The summed E-state index contributed by atoms with van der Waals surface area (Å²) < 4.78 is 0. The fraction of sp³-hybridized carbons (Fsp3) is 1.00. The van der Waals surface area contributed by atoms with Crippen molar-refractivity contribution in [1.82, 2.24) is 0 Å². The van der Waals surface area contributed by atoms with Crippen molar-refractivity contribution in [2.45, 2.75) is 110 Å². The standard InChI is InChI=1S/C18H37B/c1-4-12-17(5-2)13-8-6-7-11-16-19(3)18-14-9-10-15-18/h17-18H,4-16H2,1-3H3. The molecule has 1 aliphatic carbocycles. The van der Waals surface area contributed by atoms with Crippen molar-refractivity contribution in [1.29, 1.82) is 0 Å². The molecule has 1 rings (SSSR count). The van der Waals surface area contributed by atoms with Crippen LogP contribution in [0.5, 0.6) is 0 Å². The van der Waals surface area contributed by atoms with Crippen molar-refractivity contribution in [3.63, 3.8) is 0 Å². The third-order valence-electron chi connectivity index (χ3n) is 5.50. The zero-order chi connectivity index (χ0) is 13.9. The first kappa shape index (κ1) is 17.1. The van der Waals surface area contributed by atoms with Gasteiger partial charge in [0.15, 0.2) is 0 Å². The highest BCUT2D eigenvalue weighted by atomic mass is 14.1. The SMILES string of the molecule is CCCC(CC)CCCCCCB(C)C1CCCC1. The second-order valence-electron chi connectivity index (χ2n) is 7.08. The molecular weight excluding hydrogens is 227 g/mol. The monoisotopic (exact) mass is 264 g/mol. The summed E-state index contributed by atoms with van der Waals surface area (Å²) >= 11 is 0. The normalized spacial score (nSPS) is 17.8. The van der Waals surface area contributed by atoms with Crippen molar-refractivity contribution < 1.29 is 0 Å². The molecule has 19 heavy (non-hydrogen) atoms. The van der Waals surface area contributed by atoms with E-state index in [2.05, 4.69) is 20.7 Å². The highest BCUT2D eigenvalue weighted by molar-refractivity contribution is 6.59. The van der Waals surface area contributed by atoms with E-state index < -0.39 is 0 Å². The van der Waals surface area contributed by atoms with E-state index in [1.807, 2.05) is 0 Å². The van der Waals surface area contributed by atoms with E-state index in [-0.39, 0.29) is 0 Å². The lowest BCUT2D eigenvalue weighted by atomic mass is 9.40. The number of hydrogen-bond acceptors (Lipinski definition) is 0. The van der Waals surface area contributed by atoms with Crippen molar-refractivity contribution in [2.75, 3.05) is 0 Å². The van der Waals surface area contributed by atoms with Crippen LogP contribution in [-0.4, -0.2) is 6.71 Å². The molecular formula is C18H37B. The first-order valence-corrected chi connectivity index (χ1v) is 9.27. The Balaban J connectivity index is 1.92. The predicted molar refractivity (Wildman–Crippen MR) is 90.4 cm³/mol. The van der Waals surface area contributed by atoms with Gasteiger partial charge in [0, 0.05) is 0 Å². The van der Waals surface area contributed by atoms with Gasteiger partial charge in [-0.15, -0.1) is 0 Å². The van der Waals surface area contributed by atoms with E-state index in [9.17, 15) is 0 Å². The molecule has 0 N–H and O–H groups in total. The lowest BCUT2D eigenvalue weighted by molar-refractivity contribution is 0.410. The molecule has 0 aromatic rings. The summed E-state index contributed by atoms with van der Waals surface area (Å²) in [5.74, 6) is 2.09. The first-order valence-electron chi connectivity index (χ1n) is 9.27. The van der Waals surface area contributed by atoms with Gasteiger partial charge in [0.25, 0.3) is 0 Å². The zero-order valence-electron chi connectivity index (χ0n) is 13.9. The van der Waals surface area contributed by atoms with E-state index in [1.54, 1.807) is 0 Å². The highest BCUT2D eigenvalue weighted by Crippen LogP contribution is 2.34. The quantitative estimate of drug-likeness (QED) is 0.283. The van der Waals surface area contributed by atoms with E-state index in [0.717, 1.165) is 18.4 Å². The summed E-state index contributed by atoms with van der Waals surface area (Å²) in [7, 11) is 0. The predicted octanol–water partition coefficient (Wildman–Crippen LogP) is 6.83. The molecule has 0 heterocycles. The van der Waals surface area contributed by atoms with Crippen LogP contribution >= 0.6 is 0 Å². The Morgan fingerprint density at radius 1 is 0.947 bits per heavy atom. The molecule has 0 saturated heterocycles. The van der Waals surface area contributed by atoms with Crippen molar-refractivity contribution in [3.05, 3.63) is 0 Å². The summed E-state index contributed by atoms with van der Waals surface area (Å²) in [6.07, 6.45) is 19.2. The minimum atomic E-state index is 1.01. The topological polar surface area (TPSA) is 0 Å². The lowest BCUT2D eigenvalue weighted by Gasteiger charge is -2.15. The molecule has 1 atom stereocenters. The molecule has 0 bridgehead atoms. The molecule has 1 aliphatic rings. The van der Waals surface area contributed by atoms with Gasteiger partial charge >= 0.3 is 0 Å². The molecule has 0 amide bonds. The van der Waals surface area contributed by atoms with Crippen LogP contribution in [0.4, 0.5) is 0 Å². The summed E-state index contributed by atoms with van der Waals surface area (Å²) in [4.78, 5) is 0. The van der Waals surface area contributed by atoms with E-state index in [0.29, 0.717) is 0 Å². The molecule has 0 aromatic heterocycles. The zero-order valence-corrected chi connectivity index (χ0v) is 13.9. The van der Waals surface area contributed by atoms with Crippen LogP contribution in [0.2, 0.25) is 19.0 Å². The second kappa shape index (κ2) is 10.8. The Bertz CT molecular complexity index is 196. The smallest absolute Gasteiger partial charge is 0.0859 e. The average molecular weight is 264 g/mol. The van der Waals surface area contributed by atoms with Crippen molar-refractivity contribution in [2.24, 2.45) is 5.92 Å². The first-order chi connectivity index (χ1) is 9.27. The molecule has 1 fully saturated rings. The van der Waals surface area contributed by atoms with Gasteiger partial charge in [0.05, 0.1) is 0 Å². The lowest BCUT2D eigenvalue weighted by Crippen LogP contribution is -2.13. The van der Waals surface area contributed by atoms with Gasteiger partial charge < -0.3 is 0 Å². The Kier molecular flexibility index (Phi) is 9.73. The molecule has 1 heteroatoms. The Morgan fingerprint density at radius 3 is 2.26 bits per heavy atom. The maximum Gasteiger partial charge on any atom is 0.139 e. The third-order valence-corrected chi connectivity index (χ3v) is 5.50. The van der Waals surface area contributed by atoms with Crippen LogP contribution in [0.1, 0.15) is 90.9 Å². The summed E-state index contributed by atoms with van der Waals surface area (Å²) in [5.41, 5.74) is 0. The number of unbranched alkanes of at least 4 members (excludes halogenated alkanes) is 3. The van der Waals surface area contributed by atoms with E-state index in [4.69, 9.17) is 0 Å². The van der Waals surface area contributed by atoms with Gasteiger partial charge in [0.2, 0.25) is 0 Å². The Morgan fingerprint density at radius 2 is 1.63 bits per heavy atom. The van der Waals surface area contributed by atoms with Crippen LogP contribution in [-0.2, 0) is 0 Å². The molecule has 0 aliphatic heterocycles. The van der Waals surface area contributed by atoms with Crippen LogP contribution in [0, 0.1) is 5.92 Å². The molecule has 0 radical (unpaired) electrons. The van der Waals surface area contributed by atoms with E-state index >= 15 is 0 Å². The Labute approximate surface area is 123 Å². The number of hydrogen-bond donors (Lipinski definition) is 0. The largest absolute Gasteiger partial charge is 0.139 e. The van der Waals surface area contributed by atoms with Crippen LogP contribution in [0.15, 0.2) is 0 Å². The second-order valence-corrected chi connectivity index (χ2v) is 7.08. The molecule has 1 saturated carbocycles. The van der Waals surface area contributed by atoms with Gasteiger partial charge in [-0.3, -0.25) is 0 Å². The minimum absolute atomic E-state index is 1.01. The van der Waals surface area contributed by atoms with E-state index in [1.165, 1.54) is 83.4 Å². The Hall–Kier alpha value is 0.0649. The molecule has 112 valence electrons. The fourth-order valence-electron chi connectivity index (χ4n) is 3.98. The summed E-state index contributed by atoms with van der Waals surface area (Å²) in [6, 6.07) is 0. The number of rotatable bonds is 11. The fourth-order valence-corrected chi connectivity index (χ4v) is 3.98. The molecule has 1 unspecified atom stereocenters. The summed E-state index contributed by atoms with van der Waals surface area (Å²) in [6.45, 7) is 8.20. The minimum Gasteiger partial charge on any atom is -0.0859 e. The van der Waals surface area contributed by atoms with Gasteiger partial charge in [-0.1, -0.05) is 110 Å². The van der Waals surface area contributed by atoms with Crippen LogP contribution in [0.25, 0.3) is 0 Å². The maximum absolute atomic E-state index is 2.50. The van der Waals surface area contributed by atoms with Crippen molar-refractivity contribution in [3.8, 4) is 0 Å². The average Bonchev–Trinajstić information content (AvgIpc) is 2.95. The van der Waals surface area contributed by atoms with Gasteiger partial charge in [-0.05, 0) is 5.92 Å². The van der Waals surface area contributed by atoms with Gasteiger partial charge in [0.1, 0.15) is 6.71 Å². The van der Waals surface area contributed by atoms with Gasteiger partial charge in [-0.2, -0.15) is 0 Å². The molecule has 0 spiro atoms. The third kappa shape index (κ3) is 7.42.